The lowest BCUT2D eigenvalue weighted by atomic mass is 10.1. The number of carbonyl (C=O) groups is 5. The molecule has 1 unspecified atom stereocenters. The average Bonchev–Trinajstić information content (AvgIpc) is 2.45. The van der Waals surface area contributed by atoms with Crippen LogP contribution in [0.5, 0.6) is 0 Å². The van der Waals surface area contributed by atoms with Crippen molar-refractivity contribution in [2.75, 3.05) is 12.3 Å². The van der Waals surface area contributed by atoms with Crippen LogP contribution in [0.1, 0.15) is 19.8 Å². The second kappa shape index (κ2) is 10.6. The van der Waals surface area contributed by atoms with Gasteiger partial charge in [-0.25, -0.2) is 0 Å². The third-order valence-corrected chi connectivity index (χ3v) is 3.42. The van der Waals surface area contributed by atoms with E-state index in [-0.39, 0.29) is 23.7 Å². The van der Waals surface area contributed by atoms with Crippen LogP contribution in [0.2, 0.25) is 0 Å². The standard InChI is InChI=1S/C12H19N3O7S/c1-6(16)23-5-8(11(20)14-4-10(18)19)15-9(17)3-2-7(13)12(21)22/h7-8H,2-5,13H2,1H3,(H,14,20)(H,15,17)(H,18,19)(H,21,22)/t7-,8?/m0/s1. The second-order valence-corrected chi connectivity index (χ2v) is 5.71. The third kappa shape index (κ3) is 10.3. The quantitative estimate of drug-likeness (QED) is 0.303. The molecule has 0 aliphatic carbocycles. The molecule has 130 valence electrons. The molecule has 0 aliphatic rings. The monoisotopic (exact) mass is 349 g/mol. The largest absolute Gasteiger partial charge is 0.480 e. The SMILES string of the molecule is CC(=O)SCC(NC(=O)CC[C@H](N)C(=O)O)C(=O)NCC(=O)O. The van der Waals surface area contributed by atoms with Crippen molar-refractivity contribution in [1.29, 1.82) is 0 Å². The van der Waals surface area contributed by atoms with E-state index < -0.39 is 42.4 Å². The fourth-order valence-corrected chi connectivity index (χ4v) is 1.98. The van der Waals surface area contributed by atoms with Crippen molar-refractivity contribution < 1.29 is 34.2 Å². The normalized spacial score (nSPS) is 12.8. The summed E-state index contributed by atoms with van der Waals surface area (Å²) < 4.78 is 0. The van der Waals surface area contributed by atoms with Crippen LogP contribution in [0.4, 0.5) is 0 Å². The maximum atomic E-state index is 11.8. The predicted molar refractivity (Wildman–Crippen MR) is 80.6 cm³/mol. The molecule has 11 heteroatoms. The number of rotatable bonds is 10. The van der Waals surface area contributed by atoms with Crippen molar-refractivity contribution in [3.8, 4) is 0 Å². The van der Waals surface area contributed by atoms with Gasteiger partial charge in [0, 0.05) is 19.1 Å². The van der Waals surface area contributed by atoms with E-state index >= 15 is 0 Å². The molecule has 0 bridgehead atoms. The van der Waals surface area contributed by atoms with Gasteiger partial charge in [-0.05, 0) is 6.42 Å². The zero-order chi connectivity index (χ0) is 18.0. The lowest BCUT2D eigenvalue weighted by molar-refractivity contribution is -0.139. The molecule has 2 amide bonds. The van der Waals surface area contributed by atoms with Crippen LogP contribution in [0, 0.1) is 0 Å². The molecule has 0 aromatic carbocycles. The van der Waals surface area contributed by atoms with Crippen molar-refractivity contribution in [2.24, 2.45) is 5.73 Å². The van der Waals surface area contributed by atoms with Gasteiger partial charge in [0.1, 0.15) is 18.6 Å². The maximum Gasteiger partial charge on any atom is 0.322 e. The zero-order valence-corrected chi connectivity index (χ0v) is 13.2. The van der Waals surface area contributed by atoms with Crippen molar-refractivity contribution in [1.82, 2.24) is 10.6 Å². The maximum absolute atomic E-state index is 11.8. The predicted octanol–water partition coefficient (Wildman–Crippen LogP) is -1.86. The zero-order valence-electron chi connectivity index (χ0n) is 12.4. The molecule has 0 rings (SSSR count). The van der Waals surface area contributed by atoms with Crippen molar-refractivity contribution >= 4 is 40.6 Å². The highest BCUT2D eigenvalue weighted by atomic mass is 32.2. The minimum Gasteiger partial charge on any atom is -0.480 e. The first kappa shape index (κ1) is 20.9. The first-order valence-electron chi connectivity index (χ1n) is 6.54. The molecule has 0 heterocycles. The van der Waals surface area contributed by atoms with Gasteiger partial charge >= 0.3 is 11.9 Å². The van der Waals surface area contributed by atoms with Crippen molar-refractivity contribution in [3.63, 3.8) is 0 Å². The number of amides is 2. The van der Waals surface area contributed by atoms with E-state index in [0.29, 0.717) is 0 Å². The molecular weight excluding hydrogens is 330 g/mol. The average molecular weight is 349 g/mol. The Kier molecular flexibility index (Phi) is 9.58. The molecule has 0 aromatic rings. The summed E-state index contributed by atoms with van der Waals surface area (Å²) in [4.78, 5) is 55.5. The van der Waals surface area contributed by atoms with Gasteiger partial charge in [0.2, 0.25) is 11.8 Å². The number of carboxylic acid groups (broad SMARTS) is 2. The Morgan fingerprint density at radius 1 is 1.17 bits per heavy atom. The smallest absolute Gasteiger partial charge is 0.322 e. The van der Waals surface area contributed by atoms with Crippen LogP contribution < -0.4 is 16.4 Å². The topological polar surface area (TPSA) is 176 Å². The van der Waals surface area contributed by atoms with E-state index in [1.165, 1.54) is 6.92 Å². The molecule has 6 N–H and O–H groups in total. The third-order valence-electron chi connectivity index (χ3n) is 2.52. The lowest BCUT2D eigenvalue weighted by Gasteiger charge is -2.17. The van der Waals surface area contributed by atoms with Gasteiger partial charge in [-0.2, -0.15) is 0 Å². The van der Waals surface area contributed by atoms with Crippen molar-refractivity contribution in [3.05, 3.63) is 0 Å². The van der Waals surface area contributed by atoms with Crippen LogP contribution in [0.25, 0.3) is 0 Å². The highest BCUT2D eigenvalue weighted by Gasteiger charge is 2.23. The van der Waals surface area contributed by atoms with Gasteiger partial charge in [0.25, 0.3) is 0 Å². The molecule has 23 heavy (non-hydrogen) atoms. The summed E-state index contributed by atoms with van der Waals surface area (Å²) in [6, 6.07) is -2.32. The van der Waals surface area contributed by atoms with Crippen LogP contribution in [0.15, 0.2) is 0 Å². The number of hydrogen-bond acceptors (Lipinski definition) is 7. The Morgan fingerprint density at radius 2 is 1.78 bits per heavy atom. The molecule has 0 radical (unpaired) electrons. The molecule has 0 aromatic heterocycles. The highest BCUT2D eigenvalue weighted by Crippen LogP contribution is 2.05. The van der Waals surface area contributed by atoms with Crippen molar-refractivity contribution in [2.45, 2.75) is 31.8 Å². The summed E-state index contributed by atoms with van der Waals surface area (Å²) >= 11 is 0.793. The van der Waals surface area contributed by atoms with Crippen LogP contribution in [-0.2, 0) is 24.0 Å². The lowest BCUT2D eigenvalue weighted by Crippen LogP contribution is -2.49. The van der Waals surface area contributed by atoms with Crippen LogP contribution in [-0.4, -0.2) is 63.5 Å². The number of thioether (sulfide) groups is 1. The number of carbonyl (C=O) groups excluding carboxylic acids is 3. The molecular formula is C12H19N3O7S. The summed E-state index contributed by atoms with van der Waals surface area (Å²) in [5.41, 5.74) is 5.26. The van der Waals surface area contributed by atoms with E-state index in [4.69, 9.17) is 15.9 Å². The Morgan fingerprint density at radius 3 is 2.26 bits per heavy atom. The number of nitrogens with two attached hydrogens (primary N) is 1. The molecule has 0 spiro atoms. The van der Waals surface area contributed by atoms with Crippen LogP contribution >= 0.6 is 11.8 Å². The number of carboxylic acids is 2. The van der Waals surface area contributed by atoms with E-state index in [2.05, 4.69) is 10.6 Å². The van der Waals surface area contributed by atoms with Gasteiger partial charge in [-0.3, -0.25) is 24.0 Å². The Hall–Kier alpha value is -2.14. The molecule has 10 nitrogen and oxygen atoms in total. The second-order valence-electron chi connectivity index (χ2n) is 4.52. The summed E-state index contributed by atoms with van der Waals surface area (Å²) in [6.45, 7) is 0.657. The van der Waals surface area contributed by atoms with Gasteiger partial charge < -0.3 is 26.6 Å². The Labute approximate surface area is 136 Å². The van der Waals surface area contributed by atoms with E-state index in [1.807, 2.05) is 0 Å². The van der Waals surface area contributed by atoms with E-state index in [0.717, 1.165) is 11.8 Å². The minimum absolute atomic E-state index is 0.0719. The summed E-state index contributed by atoms with van der Waals surface area (Å²) in [5.74, 6) is -3.95. The molecule has 0 saturated carbocycles. The summed E-state index contributed by atoms with van der Waals surface area (Å²) in [7, 11) is 0. The fourth-order valence-electron chi connectivity index (χ4n) is 1.35. The van der Waals surface area contributed by atoms with Gasteiger partial charge in [0.05, 0.1) is 0 Å². The summed E-state index contributed by atoms with van der Waals surface area (Å²) in [6.07, 6.45) is -0.342. The molecule has 0 aliphatic heterocycles. The van der Waals surface area contributed by atoms with E-state index in [9.17, 15) is 24.0 Å². The first-order valence-corrected chi connectivity index (χ1v) is 7.52. The Bertz CT molecular complexity index is 483. The molecule has 0 fully saturated rings. The number of nitrogens with one attached hydrogen (secondary N) is 2. The summed E-state index contributed by atoms with van der Waals surface area (Å²) in [5, 5.41) is 21.3. The van der Waals surface area contributed by atoms with Gasteiger partial charge in [0.15, 0.2) is 5.12 Å². The number of aliphatic carboxylic acids is 2. The van der Waals surface area contributed by atoms with E-state index in [1.54, 1.807) is 0 Å². The first-order chi connectivity index (χ1) is 10.6. The Balaban J connectivity index is 4.57. The number of hydrogen-bond donors (Lipinski definition) is 5. The minimum atomic E-state index is -1.25. The molecule has 2 atom stereocenters. The molecule has 0 saturated heterocycles. The fraction of sp³-hybridized carbons (Fsp3) is 0.583. The van der Waals surface area contributed by atoms with Crippen LogP contribution in [0.3, 0.4) is 0 Å². The highest BCUT2D eigenvalue weighted by molar-refractivity contribution is 8.13. The van der Waals surface area contributed by atoms with Gasteiger partial charge in [-0.1, -0.05) is 11.8 Å². The van der Waals surface area contributed by atoms with Gasteiger partial charge in [-0.15, -0.1) is 0 Å².